The van der Waals surface area contributed by atoms with Crippen molar-refractivity contribution in [1.82, 2.24) is 4.57 Å². The van der Waals surface area contributed by atoms with Crippen LogP contribution in [-0.2, 0) is 0 Å². The van der Waals surface area contributed by atoms with Crippen molar-refractivity contribution in [2.24, 2.45) is 0 Å². The van der Waals surface area contributed by atoms with Gasteiger partial charge in [-0.05, 0) is 26.0 Å². The number of para-hydroxylation sites is 1. The Labute approximate surface area is 97.7 Å². The first kappa shape index (κ1) is 9.66. The van der Waals surface area contributed by atoms with Crippen LogP contribution in [0.3, 0.4) is 0 Å². The Morgan fingerprint density at radius 2 is 2.06 bits per heavy atom. The highest BCUT2D eigenvalue weighted by atomic mass is 32.1. The van der Waals surface area contributed by atoms with Crippen molar-refractivity contribution in [2.75, 3.05) is 5.84 Å². The first-order valence-corrected chi connectivity index (χ1v) is 6.25. The van der Waals surface area contributed by atoms with Crippen LogP contribution in [0, 0.1) is 0 Å². The molecule has 2 heterocycles. The number of aromatic nitrogens is 2. The molecule has 0 radical (unpaired) electrons. The number of nitrogen functional groups attached to an aromatic ring is 1. The number of rotatable bonds is 1. The molecule has 4 heteroatoms. The van der Waals surface area contributed by atoms with E-state index in [1.54, 1.807) is 16.0 Å². The molecule has 3 rings (SSSR count). The third-order valence-corrected chi connectivity index (χ3v) is 3.86. The molecule has 16 heavy (non-hydrogen) atoms. The Balaban J connectivity index is 2.60. The van der Waals surface area contributed by atoms with Crippen molar-refractivity contribution < 1.29 is 4.68 Å². The monoisotopic (exact) mass is 232 g/mol. The van der Waals surface area contributed by atoms with Crippen molar-refractivity contribution in [3.63, 3.8) is 0 Å². The minimum atomic E-state index is 0.409. The van der Waals surface area contributed by atoms with Crippen LogP contribution in [-0.4, -0.2) is 4.57 Å². The fourth-order valence-electron chi connectivity index (χ4n) is 2.26. The molecule has 3 aromatic rings. The Kier molecular flexibility index (Phi) is 1.94. The molecule has 0 bridgehead atoms. The van der Waals surface area contributed by atoms with Crippen LogP contribution in [0.25, 0.3) is 21.3 Å². The van der Waals surface area contributed by atoms with Crippen LogP contribution < -0.4 is 10.5 Å². The summed E-state index contributed by atoms with van der Waals surface area (Å²) in [5.41, 5.74) is 4.33. The van der Waals surface area contributed by atoms with E-state index in [1.807, 2.05) is 5.51 Å². The van der Waals surface area contributed by atoms with Crippen molar-refractivity contribution in [2.45, 2.75) is 19.9 Å². The van der Waals surface area contributed by atoms with Crippen molar-refractivity contribution in [3.8, 4) is 0 Å². The average molecular weight is 232 g/mol. The van der Waals surface area contributed by atoms with Gasteiger partial charge in [0, 0.05) is 5.39 Å². The second-order valence-electron chi connectivity index (χ2n) is 4.26. The Bertz CT molecular complexity index is 663. The Hall–Kier alpha value is -1.55. The zero-order chi connectivity index (χ0) is 11.3. The molecular weight excluding hydrogens is 218 g/mol. The second kappa shape index (κ2) is 3.22. The first-order chi connectivity index (χ1) is 7.70. The number of benzene rings is 1. The minimum absolute atomic E-state index is 0.409. The lowest BCUT2D eigenvalue weighted by Gasteiger charge is -2.03. The van der Waals surface area contributed by atoms with Crippen molar-refractivity contribution in [1.29, 1.82) is 0 Å². The molecule has 0 atom stereocenters. The maximum Gasteiger partial charge on any atom is 0.324 e. The minimum Gasteiger partial charge on any atom is -0.268 e. The van der Waals surface area contributed by atoms with Crippen molar-refractivity contribution in [3.05, 3.63) is 29.8 Å². The lowest BCUT2D eigenvalue weighted by Crippen LogP contribution is -2.43. The molecule has 0 aliphatic heterocycles. The zero-order valence-corrected chi connectivity index (χ0v) is 10.2. The van der Waals surface area contributed by atoms with Gasteiger partial charge in [-0.25, -0.2) is 4.57 Å². The van der Waals surface area contributed by atoms with Gasteiger partial charge in [-0.1, -0.05) is 23.5 Å². The van der Waals surface area contributed by atoms with E-state index >= 15 is 0 Å². The molecule has 0 saturated carbocycles. The summed E-state index contributed by atoms with van der Waals surface area (Å²) in [7, 11) is 0. The van der Waals surface area contributed by atoms with Gasteiger partial charge in [-0.15, -0.1) is 4.68 Å². The summed E-state index contributed by atoms with van der Waals surface area (Å²) in [6.45, 7) is 4.37. The third-order valence-electron chi connectivity index (χ3n) is 2.88. The normalized spacial score (nSPS) is 11.9. The van der Waals surface area contributed by atoms with Crippen LogP contribution in [0.5, 0.6) is 0 Å². The van der Waals surface area contributed by atoms with Gasteiger partial charge in [-0.2, -0.15) is 0 Å². The highest BCUT2D eigenvalue weighted by Gasteiger charge is 2.23. The quantitative estimate of drug-likeness (QED) is 0.507. The molecule has 0 spiro atoms. The summed E-state index contributed by atoms with van der Waals surface area (Å²) in [5.74, 6) is 5.98. The van der Waals surface area contributed by atoms with E-state index < -0.39 is 0 Å². The molecule has 0 aliphatic carbocycles. The van der Waals surface area contributed by atoms with E-state index in [1.165, 1.54) is 15.6 Å². The lowest BCUT2D eigenvalue weighted by atomic mass is 10.2. The number of hydrogen-bond donors (Lipinski definition) is 1. The maximum atomic E-state index is 5.98. The van der Waals surface area contributed by atoms with Crippen LogP contribution in [0.4, 0.5) is 0 Å². The van der Waals surface area contributed by atoms with E-state index in [4.69, 9.17) is 5.84 Å². The molecule has 0 amide bonds. The van der Waals surface area contributed by atoms with E-state index in [2.05, 4.69) is 42.7 Å². The lowest BCUT2D eigenvalue weighted by molar-refractivity contribution is -0.609. The molecule has 0 aliphatic rings. The highest BCUT2D eigenvalue weighted by molar-refractivity contribution is 7.17. The van der Waals surface area contributed by atoms with E-state index in [0.717, 1.165) is 5.65 Å². The number of fused-ring (bicyclic) bond motifs is 3. The molecule has 3 nitrogen and oxygen atoms in total. The summed E-state index contributed by atoms with van der Waals surface area (Å²) >= 11 is 1.70. The van der Waals surface area contributed by atoms with Gasteiger partial charge in [0.2, 0.25) is 0 Å². The van der Waals surface area contributed by atoms with Gasteiger partial charge >= 0.3 is 5.65 Å². The number of thiazole rings is 1. The summed E-state index contributed by atoms with van der Waals surface area (Å²) in [5, 5.41) is 1.29. The molecule has 82 valence electrons. The number of hydrogen-bond acceptors (Lipinski definition) is 2. The largest absolute Gasteiger partial charge is 0.324 e. The van der Waals surface area contributed by atoms with Gasteiger partial charge in [0.15, 0.2) is 5.51 Å². The SMILES string of the molecule is CC(C)n1c2ccccc2c2sc[n+](N)c21. The summed E-state index contributed by atoms with van der Waals surface area (Å²) in [6.07, 6.45) is 0. The first-order valence-electron chi connectivity index (χ1n) is 5.37. The zero-order valence-electron chi connectivity index (χ0n) is 9.34. The van der Waals surface area contributed by atoms with Crippen molar-refractivity contribution >= 4 is 32.6 Å². The van der Waals surface area contributed by atoms with Gasteiger partial charge in [0.25, 0.3) is 0 Å². The smallest absolute Gasteiger partial charge is 0.268 e. The second-order valence-corrected chi connectivity index (χ2v) is 5.12. The summed E-state index contributed by atoms with van der Waals surface area (Å²) < 4.78 is 5.29. The molecule has 0 unspecified atom stereocenters. The third kappa shape index (κ3) is 1.10. The average Bonchev–Trinajstić information content (AvgIpc) is 2.77. The summed E-state index contributed by atoms with van der Waals surface area (Å²) in [6, 6.07) is 8.88. The fourth-order valence-corrected chi connectivity index (χ4v) is 3.19. The molecule has 0 saturated heterocycles. The molecule has 1 aromatic carbocycles. The highest BCUT2D eigenvalue weighted by Crippen LogP contribution is 2.32. The fraction of sp³-hybridized carbons (Fsp3) is 0.250. The predicted octanol–water partition coefficient (Wildman–Crippen LogP) is 2.44. The Morgan fingerprint density at radius 1 is 1.31 bits per heavy atom. The van der Waals surface area contributed by atoms with Crippen LogP contribution in [0.15, 0.2) is 29.8 Å². The molecule has 0 fully saturated rings. The standard InChI is InChI=1S/C12H14N3S/c1-8(2)15-10-6-4-3-5-9(10)11-12(15)14(13)7-16-11/h3-8H,13H2,1-2H3/q+1. The predicted molar refractivity (Wildman–Crippen MR) is 68.1 cm³/mol. The van der Waals surface area contributed by atoms with Crippen LogP contribution >= 0.6 is 11.3 Å². The maximum absolute atomic E-state index is 5.98. The van der Waals surface area contributed by atoms with E-state index in [9.17, 15) is 0 Å². The van der Waals surface area contributed by atoms with Crippen LogP contribution in [0.2, 0.25) is 0 Å². The topological polar surface area (TPSA) is 34.8 Å². The molecular formula is C12H14N3S+. The van der Waals surface area contributed by atoms with E-state index in [-0.39, 0.29) is 0 Å². The number of nitrogens with zero attached hydrogens (tertiary/aromatic N) is 2. The molecule has 2 N–H and O–H groups in total. The number of nitrogens with two attached hydrogens (primary N) is 1. The van der Waals surface area contributed by atoms with Gasteiger partial charge < -0.3 is 0 Å². The van der Waals surface area contributed by atoms with Gasteiger partial charge in [0.1, 0.15) is 10.2 Å². The van der Waals surface area contributed by atoms with Gasteiger partial charge in [-0.3, -0.25) is 5.84 Å². The summed E-state index contributed by atoms with van der Waals surface area (Å²) in [4.78, 5) is 0. The van der Waals surface area contributed by atoms with E-state index in [0.29, 0.717) is 6.04 Å². The van der Waals surface area contributed by atoms with Gasteiger partial charge in [0.05, 0.1) is 6.04 Å². The van der Waals surface area contributed by atoms with Crippen LogP contribution in [0.1, 0.15) is 19.9 Å². The molecule has 2 aromatic heterocycles. The Morgan fingerprint density at radius 3 is 2.81 bits per heavy atom.